The van der Waals surface area contributed by atoms with Gasteiger partial charge >= 0.3 is 0 Å². The highest BCUT2D eigenvalue weighted by molar-refractivity contribution is 7.92. The molecule has 39 heavy (non-hydrogen) atoms. The minimum absolute atomic E-state index is 0.0498. The lowest BCUT2D eigenvalue weighted by Gasteiger charge is -2.33. The molecule has 0 unspecified atom stereocenters. The van der Waals surface area contributed by atoms with Crippen LogP contribution in [0.25, 0.3) is 0 Å². The summed E-state index contributed by atoms with van der Waals surface area (Å²) in [5.74, 6) is -0.708. The number of nitrogens with zero attached hydrogens (tertiary/aromatic N) is 2. The molecule has 0 fully saturated rings. The van der Waals surface area contributed by atoms with E-state index < -0.39 is 28.5 Å². The molecule has 0 aliphatic carbocycles. The standard InChI is InChI=1S/C31H39N3O4S/c1-6-25(5)32-31(36)29(7-2)33(21-26-11-9-8-10-12-26)30(35)22-34(27-17-13-23(3)14-18-27)39(37,38)28-19-15-24(4)16-20-28/h8-20,25,29H,6-7,21-22H2,1-5H3,(H,32,36)/t25-,29-/m1/s1. The normalized spacial score (nSPS) is 12.8. The Morgan fingerprint density at radius 2 is 1.38 bits per heavy atom. The summed E-state index contributed by atoms with van der Waals surface area (Å²) in [6.45, 7) is 9.28. The van der Waals surface area contributed by atoms with E-state index in [2.05, 4.69) is 5.32 Å². The van der Waals surface area contributed by atoms with Crippen LogP contribution in [0.4, 0.5) is 5.69 Å². The molecule has 3 aromatic carbocycles. The molecule has 0 bridgehead atoms. The van der Waals surface area contributed by atoms with Gasteiger partial charge in [0.25, 0.3) is 10.0 Å². The Hall–Kier alpha value is -3.65. The Bertz CT molecular complexity index is 1340. The first kappa shape index (κ1) is 29.9. The third kappa shape index (κ3) is 7.69. The molecule has 0 spiro atoms. The van der Waals surface area contributed by atoms with E-state index in [0.717, 1.165) is 27.4 Å². The van der Waals surface area contributed by atoms with Crippen LogP contribution >= 0.6 is 0 Å². The van der Waals surface area contributed by atoms with E-state index >= 15 is 0 Å². The quantitative estimate of drug-likeness (QED) is 0.336. The number of nitrogens with one attached hydrogen (secondary N) is 1. The van der Waals surface area contributed by atoms with Crippen LogP contribution in [0.3, 0.4) is 0 Å². The van der Waals surface area contributed by atoms with Crippen molar-refractivity contribution in [1.82, 2.24) is 10.2 Å². The van der Waals surface area contributed by atoms with E-state index in [4.69, 9.17) is 0 Å². The molecule has 0 heterocycles. The van der Waals surface area contributed by atoms with Crippen molar-refractivity contribution in [2.45, 2.75) is 71.0 Å². The summed E-state index contributed by atoms with van der Waals surface area (Å²) in [5.41, 5.74) is 3.13. The second-order valence-electron chi connectivity index (χ2n) is 9.91. The Morgan fingerprint density at radius 3 is 1.92 bits per heavy atom. The Balaban J connectivity index is 2.04. The van der Waals surface area contributed by atoms with E-state index in [-0.39, 0.29) is 23.4 Å². The molecule has 0 aromatic heterocycles. The van der Waals surface area contributed by atoms with Crippen LogP contribution in [0.2, 0.25) is 0 Å². The zero-order valence-electron chi connectivity index (χ0n) is 23.4. The van der Waals surface area contributed by atoms with Crippen molar-refractivity contribution < 1.29 is 18.0 Å². The first-order valence-electron chi connectivity index (χ1n) is 13.4. The van der Waals surface area contributed by atoms with Crippen molar-refractivity contribution in [3.05, 3.63) is 95.6 Å². The van der Waals surface area contributed by atoms with Crippen molar-refractivity contribution in [3.8, 4) is 0 Å². The van der Waals surface area contributed by atoms with E-state index in [1.807, 2.05) is 77.1 Å². The summed E-state index contributed by atoms with van der Waals surface area (Å²) in [4.78, 5) is 28.9. The molecule has 0 radical (unpaired) electrons. The SMILES string of the molecule is CC[C@@H](C)NC(=O)[C@@H](CC)N(Cc1ccccc1)C(=O)CN(c1ccc(C)cc1)S(=O)(=O)c1ccc(C)cc1. The van der Waals surface area contributed by atoms with Gasteiger partial charge in [-0.2, -0.15) is 0 Å². The topological polar surface area (TPSA) is 86.8 Å². The van der Waals surface area contributed by atoms with E-state index in [0.29, 0.717) is 12.1 Å². The molecule has 3 rings (SSSR count). The van der Waals surface area contributed by atoms with E-state index in [9.17, 15) is 18.0 Å². The Morgan fingerprint density at radius 1 is 0.821 bits per heavy atom. The van der Waals surface area contributed by atoms with Crippen LogP contribution in [-0.4, -0.2) is 43.8 Å². The fraction of sp³-hybridized carbons (Fsp3) is 0.355. The van der Waals surface area contributed by atoms with Gasteiger partial charge in [0.15, 0.2) is 0 Å². The molecule has 1 N–H and O–H groups in total. The van der Waals surface area contributed by atoms with Crippen molar-refractivity contribution in [2.24, 2.45) is 0 Å². The molecule has 3 aromatic rings. The number of benzene rings is 3. The van der Waals surface area contributed by atoms with Crippen molar-refractivity contribution >= 4 is 27.5 Å². The molecule has 0 aliphatic heterocycles. The van der Waals surface area contributed by atoms with Gasteiger partial charge in [-0.3, -0.25) is 13.9 Å². The van der Waals surface area contributed by atoms with Crippen LogP contribution < -0.4 is 9.62 Å². The predicted octanol–water partition coefficient (Wildman–Crippen LogP) is 5.22. The van der Waals surface area contributed by atoms with Crippen LogP contribution in [0.15, 0.2) is 83.8 Å². The highest BCUT2D eigenvalue weighted by Crippen LogP contribution is 2.25. The van der Waals surface area contributed by atoms with Crippen LogP contribution in [0.1, 0.15) is 50.3 Å². The van der Waals surface area contributed by atoms with E-state index in [1.165, 1.54) is 4.90 Å². The lowest BCUT2D eigenvalue weighted by atomic mass is 10.1. The molecule has 7 nitrogen and oxygen atoms in total. The number of sulfonamides is 1. The first-order chi connectivity index (χ1) is 18.6. The fourth-order valence-corrected chi connectivity index (χ4v) is 5.63. The monoisotopic (exact) mass is 549 g/mol. The maximum absolute atomic E-state index is 14.0. The summed E-state index contributed by atoms with van der Waals surface area (Å²) in [6, 6.07) is 22.2. The van der Waals surface area contributed by atoms with Gasteiger partial charge in [0, 0.05) is 12.6 Å². The molecule has 0 saturated carbocycles. The van der Waals surface area contributed by atoms with Crippen LogP contribution in [0, 0.1) is 13.8 Å². The number of aryl methyl sites for hydroxylation is 2. The molecule has 0 aliphatic rings. The molecule has 8 heteroatoms. The maximum Gasteiger partial charge on any atom is 0.264 e. The van der Waals surface area contributed by atoms with Crippen LogP contribution in [0.5, 0.6) is 0 Å². The van der Waals surface area contributed by atoms with Gasteiger partial charge in [-0.15, -0.1) is 0 Å². The third-order valence-electron chi connectivity index (χ3n) is 6.79. The average molecular weight is 550 g/mol. The number of carbonyl (C=O) groups is 2. The van der Waals surface area contributed by atoms with E-state index in [1.54, 1.807) is 36.4 Å². The molecule has 0 saturated heterocycles. The highest BCUT2D eigenvalue weighted by atomic mass is 32.2. The molecule has 2 atom stereocenters. The first-order valence-corrected chi connectivity index (χ1v) is 14.8. The number of rotatable bonds is 12. The van der Waals surface area contributed by atoms with Gasteiger partial charge in [-0.25, -0.2) is 8.42 Å². The van der Waals surface area contributed by atoms with Gasteiger partial charge < -0.3 is 10.2 Å². The molecular formula is C31H39N3O4S. The third-order valence-corrected chi connectivity index (χ3v) is 8.58. The summed E-state index contributed by atoms with van der Waals surface area (Å²) < 4.78 is 28.9. The summed E-state index contributed by atoms with van der Waals surface area (Å²) in [7, 11) is -4.08. The second kappa shape index (κ2) is 13.4. The maximum atomic E-state index is 14.0. The lowest BCUT2D eigenvalue weighted by molar-refractivity contribution is -0.140. The summed E-state index contributed by atoms with van der Waals surface area (Å²) >= 11 is 0. The number of hydrogen-bond donors (Lipinski definition) is 1. The van der Waals surface area contributed by atoms with Gasteiger partial charge in [0.05, 0.1) is 10.6 Å². The van der Waals surface area contributed by atoms with Gasteiger partial charge in [0.1, 0.15) is 12.6 Å². The van der Waals surface area contributed by atoms with Crippen molar-refractivity contribution in [1.29, 1.82) is 0 Å². The molecular weight excluding hydrogens is 510 g/mol. The fourth-order valence-electron chi connectivity index (χ4n) is 4.22. The zero-order chi connectivity index (χ0) is 28.6. The second-order valence-corrected chi connectivity index (χ2v) is 11.8. The zero-order valence-corrected chi connectivity index (χ0v) is 24.2. The minimum atomic E-state index is -4.08. The number of carbonyl (C=O) groups excluding carboxylic acids is 2. The summed E-state index contributed by atoms with van der Waals surface area (Å²) in [6.07, 6.45) is 1.14. The Kier molecular flexibility index (Phi) is 10.3. The smallest absolute Gasteiger partial charge is 0.264 e. The van der Waals surface area contributed by atoms with Gasteiger partial charge in [0.2, 0.25) is 11.8 Å². The van der Waals surface area contributed by atoms with Crippen molar-refractivity contribution in [3.63, 3.8) is 0 Å². The molecule has 208 valence electrons. The van der Waals surface area contributed by atoms with Crippen molar-refractivity contribution in [2.75, 3.05) is 10.8 Å². The van der Waals surface area contributed by atoms with Crippen LogP contribution in [-0.2, 0) is 26.2 Å². The number of amides is 2. The average Bonchev–Trinajstić information content (AvgIpc) is 2.92. The summed E-state index contributed by atoms with van der Waals surface area (Å²) in [5, 5.41) is 2.99. The molecule has 2 amide bonds. The highest BCUT2D eigenvalue weighted by Gasteiger charge is 2.33. The lowest BCUT2D eigenvalue weighted by Crippen LogP contribution is -2.53. The minimum Gasteiger partial charge on any atom is -0.352 e. The van der Waals surface area contributed by atoms with Gasteiger partial charge in [-0.1, -0.05) is 79.6 Å². The predicted molar refractivity (Wildman–Crippen MR) is 156 cm³/mol. The van der Waals surface area contributed by atoms with Gasteiger partial charge in [-0.05, 0) is 63.4 Å². The Labute approximate surface area is 232 Å². The largest absolute Gasteiger partial charge is 0.352 e. The number of hydrogen-bond acceptors (Lipinski definition) is 4. The number of anilines is 1.